The number of anilines is 3. The molecule has 37 heavy (non-hydrogen) atoms. The third-order valence-corrected chi connectivity index (χ3v) is 5.09. The second kappa shape index (κ2) is 17.4. The normalized spacial score (nSPS) is 12.2. The van der Waals surface area contributed by atoms with E-state index in [1.54, 1.807) is 31.4 Å². The van der Waals surface area contributed by atoms with Crippen molar-refractivity contribution in [1.82, 2.24) is 10.2 Å². The molecule has 1 rings (SSSR count). The number of carbonyl (C=O) groups is 1. The fourth-order valence-electron chi connectivity index (χ4n) is 3.26. The van der Waals surface area contributed by atoms with Crippen LogP contribution in [0.5, 0.6) is 5.75 Å². The molecule has 0 aliphatic rings. The molecule has 0 fully saturated rings. The van der Waals surface area contributed by atoms with Gasteiger partial charge in [0.05, 0.1) is 24.2 Å². The number of ether oxygens (including phenoxy) is 1. The highest BCUT2D eigenvalue weighted by Crippen LogP contribution is 2.37. The van der Waals surface area contributed by atoms with Gasteiger partial charge < -0.3 is 35.9 Å². The van der Waals surface area contributed by atoms with Gasteiger partial charge in [-0.3, -0.25) is 10.2 Å². The van der Waals surface area contributed by atoms with E-state index in [1.807, 2.05) is 46.4 Å². The minimum absolute atomic E-state index is 0.326. The summed E-state index contributed by atoms with van der Waals surface area (Å²) < 4.78 is 5.63. The third kappa shape index (κ3) is 11.5. The largest absolute Gasteiger partial charge is 0.494 e. The summed E-state index contributed by atoms with van der Waals surface area (Å²) in [5.74, 6) is 0.629. The average molecular weight is 509 g/mol. The Kier molecular flexibility index (Phi) is 14.6. The number of nitrogens with one attached hydrogen (secondary N) is 5. The lowest BCUT2D eigenvalue weighted by atomic mass is 10.1. The molecule has 5 N–H and O–H groups in total. The quantitative estimate of drug-likeness (QED) is 0.101. The number of benzene rings is 1. The van der Waals surface area contributed by atoms with Gasteiger partial charge in [-0.25, -0.2) is 4.99 Å². The molecule has 0 aliphatic carbocycles. The number of aliphatic imine (C=N–C) groups is 1. The zero-order valence-electron chi connectivity index (χ0n) is 22.5. The van der Waals surface area contributed by atoms with Crippen molar-refractivity contribution in [2.24, 2.45) is 4.99 Å². The van der Waals surface area contributed by atoms with Crippen molar-refractivity contribution in [3.8, 4) is 5.75 Å². The van der Waals surface area contributed by atoms with E-state index in [-0.39, 0.29) is 5.91 Å². The van der Waals surface area contributed by atoms with Gasteiger partial charge in [-0.1, -0.05) is 30.9 Å². The lowest BCUT2D eigenvalue weighted by Gasteiger charge is -2.25. The summed E-state index contributed by atoms with van der Waals surface area (Å²) in [6.45, 7) is 5.87. The SMILES string of the molecule is C=CC(=O)Nc1cc(NC(/C=C/C=C/C=C(/C=N)CNC)=N/C=N)c(OC)cc1N(C)CCCN(C)C. The van der Waals surface area contributed by atoms with Crippen molar-refractivity contribution in [2.45, 2.75) is 6.42 Å². The Hall–Kier alpha value is -4.02. The van der Waals surface area contributed by atoms with Crippen molar-refractivity contribution in [1.29, 1.82) is 10.8 Å². The van der Waals surface area contributed by atoms with E-state index in [2.05, 4.69) is 37.3 Å². The van der Waals surface area contributed by atoms with Crippen molar-refractivity contribution >= 4 is 41.4 Å². The Morgan fingerprint density at radius 2 is 1.86 bits per heavy atom. The molecule has 0 atom stereocenters. The van der Waals surface area contributed by atoms with Gasteiger partial charge in [0, 0.05) is 32.4 Å². The highest BCUT2D eigenvalue weighted by molar-refractivity contribution is 6.09. The number of allylic oxidation sites excluding steroid dienone is 4. The minimum Gasteiger partial charge on any atom is -0.494 e. The number of rotatable bonds is 16. The van der Waals surface area contributed by atoms with E-state index < -0.39 is 0 Å². The number of hydrogen-bond acceptors (Lipinski definition) is 7. The van der Waals surface area contributed by atoms with Crippen LogP contribution in [-0.4, -0.2) is 84.1 Å². The summed E-state index contributed by atoms with van der Waals surface area (Å²) >= 11 is 0. The smallest absolute Gasteiger partial charge is 0.247 e. The van der Waals surface area contributed by atoms with Crippen LogP contribution >= 0.6 is 0 Å². The number of amidine groups is 1. The van der Waals surface area contributed by atoms with Gasteiger partial charge in [-0.05, 0) is 57.9 Å². The lowest BCUT2D eigenvalue weighted by molar-refractivity contribution is -0.111. The van der Waals surface area contributed by atoms with E-state index in [0.29, 0.717) is 29.5 Å². The fraction of sp³-hybridized carbons (Fsp3) is 0.333. The minimum atomic E-state index is -0.326. The molecular formula is C27H40N8O2. The first-order valence-corrected chi connectivity index (χ1v) is 11.8. The molecule has 10 heteroatoms. The molecule has 0 aromatic heterocycles. The summed E-state index contributed by atoms with van der Waals surface area (Å²) in [6.07, 6.45) is 13.3. The molecule has 0 radical (unpaired) electrons. The van der Waals surface area contributed by atoms with Crippen LogP contribution in [0.25, 0.3) is 0 Å². The summed E-state index contributed by atoms with van der Waals surface area (Å²) in [5.41, 5.74) is 2.80. The molecule has 0 spiro atoms. The number of likely N-dealkylation sites (N-methyl/N-ethyl adjacent to an activating group) is 1. The van der Waals surface area contributed by atoms with Crippen LogP contribution in [0.1, 0.15) is 6.42 Å². The second-order valence-corrected chi connectivity index (χ2v) is 8.27. The Bertz CT molecular complexity index is 1040. The summed E-state index contributed by atoms with van der Waals surface area (Å²) in [5, 5.41) is 23.9. The first-order valence-electron chi connectivity index (χ1n) is 11.8. The van der Waals surface area contributed by atoms with E-state index in [1.165, 1.54) is 12.3 Å². The maximum absolute atomic E-state index is 12.2. The van der Waals surface area contributed by atoms with Gasteiger partial charge in [-0.15, -0.1) is 0 Å². The Morgan fingerprint density at radius 3 is 2.46 bits per heavy atom. The molecule has 1 amide bonds. The van der Waals surface area contributed by atoms with Crippen LogP contribution in [0.3, 0.4) is 0 Å². The van der Waals surface area contributed by atoms with Crippen LogP contribution in [0.2, 0.25) is 0 Å². The third-order valence-electron chi connectivity index (χ3n) is 5.09. The molecule has 10 nitrogen and oxygen atoms in total. The number of hydrogen-bond donors (Lipinski definition) is 5. The molecule has 0 saturated carbocycles. The Balaban J connectivity index is 3.27. The fourth-order valence-corrected chi connectivity index (χ4v) is 3.26. The van der Waals surface area contributed by atoms with Crippen LogP contribution in [0.15, 0.2) is 65.7 Å². The molecule has 0 unspecified atom stereocenters. The molecule has 1 aromatic rings. The average Bonchev–Trinajstić information content (AvgIpc) is 2.87. The molecule has 0 saturated heterocycles. The van der Waals surface area contributed by atoms with E-state index in [4.69, 9.17) is 15.6 Å². The Morgan fingerprint density at radius 1 is 1.11 bits per heavy atom. The van der Waals surface area contributed by atoms with Crippen molar-refractivity contribution in [3.05, 3.63) is 60.7 Å². The molecular weight excluding hydrogens is 468 g/mol. The highest BCUT2D eigenvalue weighted by Gasteiger charge is 2.16. The molecule has 0 heterocycles. The van der Waals surface area contributed by atoms with E-state index in [0.717, 1.165) is 37.1 Å². The van der Waals surface area contributed by atoms with Crippen molar-refractivity contribution in [3.63, 3.8) is 0 Å². The van der Waals surface area contributed by atoms with Crippen molar-refractivity contribution in [2.75, 3.05) is 70.5 Å². The predicted octanol–water partition coefficient (Wildman–Crippen LogP) is 3.53. The standard InChI is InChI=1S/C27H40N8O2/c1-7-27(36)33-22-16-23(25(37-6)17-24(22)35(5)15-11-14-34(3)4)32-26(31-20-29)13-10-8-9-12-21(18-28)19-30-2/h7-10,12-13,16-18,20,28,30H,1,11,14-15,19H2,2-6H3,(H,33,36)(H2,29,31,32)/b9-8+,13-10+,21-12-,28-18?. The zero-order chi connectivity index (χ0) is 27.6. The molecule has 0 bridgehead atoms. The van der Waals surface area contributed by atoms with Gasteiger partial charge in [0.2, 0.25) is 5.91 Å². The van der Waals surface area contributed by atoms with Gasteiger partial charge in [-0.2, -0.15) is 0 Å². The van der Waals surface area contributed by atoms with Crippen LogP contribution < -0.4 is 25.6 Å². The monoisotopic (exact) mass is 508 g/mol. The van der Waals surface area contributed by atoms with Gasteiger partial charge in [0.25, 0.3) is 0 Å². The van der Waals surface area contributed by atoms with Crippen LogP contribution in [-0.2, 0) is 4.79 Å². The van der Waals surface area contributed by atoms with Gasteiger partial charge >= 0.3 is 0 Å². The van der Waals surface area contributed by atoms with E-state index >= 15 is 0 Å². The first-order chi connectivity index (χ1) is 17.8. The summed E-state index contributed by atoms with van der Waals surface area (Å²) in [6, 6.07) is 3.63. The predicted molar refractivity (Wildman–Crippen MR) is 157 cm³/mol. The summed E-state index contributed by atoms with van der Waals surface area (Å²) in [4.78, 5) is 20.4. The molecule has 200 valence electrons. The summed E-state index contributed by atoms with van der Waals surface area (Å²) in [7, 11) is 9.43. The zero-order valence-corrected chi connectivity index (χ0v) is 22.5. The number of amides is 1. The number of methoxy groups -OCH3 is 1. The lowest BCUT2D eigenvalue weighted by Crippen LogP contribution is -2.25. The Labute approximate surface area is 220 Å². The molecule has 1 aromatic carbocycles. The first kappa shape index (κ1) is 31.0. The maximum Gasteiger partial charge on any atom is 0.247 e. The van der Waals surface area contributed by atoms with Crippen molar-refractivity contribution < 1.29 is 9.53 Å². The van der Waals surface area contributed by atoms with Crippen LogP contribution in [0.4, 0.5) is 17.1 Å². The topological polar surface area (TPSA) is 129 Å². The van der Waals surface area contributed by atoms with E-state index in [9.17, 15) is 4.79 Å². The number of carbonyl (C=O) groups excluding carboxylic acids is 1. The van der Waals surface area contributed by atoms with Crippen LogP contribution in [0, 0.1) is 10.8 Å². The highest BCUT2D eigenvalue weighted by atomic mass is 16.5. The van der Waals surface area contributed by atoms with Gasteiger partial charge in [0.15, 0.2) is 0 Å². The maximum atomic E-state index is 12.2. The second-order valence-electron chi connectivity index (χ2n) is 8.27. The van der Waals surface area contributed by atoms with Gasteiger partial charge in [0.1, 0.15) is 17.9 Å². The number of nitrogens with zero attached hydrogens (tertiary/aromatic N) is 3. The molecule has 0 aliphatic heterocycles.